The Labute approximate surface area is 737 Å². The summed E-state index contributed by atoms with van der Waals surface area (Å²) in [5, 5.41) is 9.60. The minimum Gasteiger partial charge on any atom is -0.496 e. The van der Waals surface area contributed by atoms with Crippen LogP contribution >= 0.6 is 22.7 Å². The summed E-state index contributed by atoms with van der Waals surface area (Å²) in [5.41, 5.74) is 31.9. The molecule has 0 bridgehead atoms. The van der Waals surface area contributed by atoms with Gasteiger partial charge >= 0.3 is 0 Å². The summed E-state index contributed by atoms with van der Waals surface area (Å²) in [5.74, 6) is 1.94. The largest absolute Gasteiger partial charge is 0.496 e. The minimum absolute atomic E-state index is 0.214. The van der Waals surface area contributed by atoms with E-state index in [0.717, 1.165) is 156 Å². The minimum atomic E-state index is 0.214. The lowest BCUT2D eigenvalue weighted by Gasteiger charge is -2.12. The zero-order valence-corrected chi connectivity index (χ0v) is 75.8. The van der Waals surface area contributed by atoms with Gasteiger partial charge < -0.3 is 9.47 Å². The summed E-state index contributed by atoms with van der Waals surface area (Å²) in [6.45, 7) is 27.0. The molecule has 18 aromatic rings. The first-order chi connectivity index (χ1) is 59.7. The van der Waals surface area contributed by atoms with Crippen LogP contribution in [0.4, 0.5) is 0 Å². The van der Waals surface area contributed by atoms with Crippen LogP contribution in [0.25, 0.3) is 65.4 Å². The molecule has 622 valence electrons. The Bertz CT molecular complexity index is 6270. The van der Waals surface area contributed by atoms with Gasteiger partial charge in [-0.2, -0.15) is 0 Å². The number of fused-ring (bicyclic) bond motifs is 6. The van der Waals surface area contributed by atoms with Crippen LogP contribution < -0.4 is 9.47 Å². The molecular formula is C113H116N6O2S2. The Morgan fingerprint density at radius 2 is 0.561 bits per heavy atom. The van der Waals surface area contributed by atoms with E-state index < -0.39 is 0 Å². The molecule has 0 unspecified atom stereocenters. The Morgan fingerprint density at radius 1 is 0.268 bits per heavy atom. The molecule has 0 saturated carbocycles. The molecule has 0 atom stereocenters. The molecule has 0 aliphatic carbocycles. The molecule has 0 radical (unpaired) electrons. The van der Waals surface area contributed by atoms with E-state index in [-0.39, 0.29) is 6.10 Å². The molecule has 10 aromatic carbocycles. The first-order valence-electron chi connectivity index (χ1n) is 43.4. The number of para-hydroxylation sites is 7. The van der Waals surface area contributed by atoms with Gasteiger partial charge in [0.05, 0.1) is 46.3 Å². The monoisotopic (exact) mass is 1650 g/mol. The normalized spacial score (nSPS) is 11.0. The van der Waals surface area contributed by atoms with Gasteiger partial charge in [0.25, 0.3) is 0 Å². The molecule has 10 heteroatoms. The molecule has 0 spiro atoms. The molecule has 0 N–H and O–H groups in total. The quantitative estimate of drug-likeness (QED) is 0.0702. The van der Waals surface area contributed by atoms with Crippen LogP contribution in [0.3, 0.4) is 0 Å². The fourth-order valence-electron chi connectivity index (χ4n) is 15.6. The lowest BCUT2D eigenvalue weighted by Crippen LogP contribution is -2.05. The second-order valence-corrected chi connectivity index (χ2v) is 35.2. The van der Waals surface area contributed by atoms with Crippen molar-refractivity contribution in [1.82, 2.24) is 29.9 Å². The molecule has 0 amide bonds. The van der Waals surface area contributed by atoms with E-state index >= 15 is 0 Å². The SMILES string of the molecule is COc1c(C)cccc1CCc1cccc2ccc(C)nc12.Cc1ccc(CCc2cccc3ccc(C)nc23)cc1.Cc1ccc(CCc2cccc3ccc(C)nc23)cc1.Cc1ccc2cccc(CCc3ccc(C)s3)c2n1.Cc1ccc2cccc(CCc3ccc(OC(C)C)cc3)c2n1.Cc1csc(CCc2cccc3ccc(C)nc23)c1. The number of ether oxygens (including phenoxy) is 2. The van der Waals surface area contributed by atoms with E-state index in [4.69, 9.17) is 39.4 Å². The zero-order valence-electron chi connectivity index (χ0n) is 74.2. The second-order valence-electron chi connectivity index (χ2n) is 32.8. The number of rotatable bonds is 21. The first kappa shape index (κ1) is 88.4. The molecule has 123 heavy (non-hydrogen) atoms. The topological polar surface area (TPSA) is 95.8 Å². The molecule has 8 heterocycles. The summed E-state index contributed by atoms with van der Waals surface area (Å²) in [6, 6.07) is 103. The molecular weight excluding hydrogens is 1540 g/mol. The van der Waals surface area contributed by atoms with Gasteiger partial charge in [-0.1, -0.05) is 236 Å². The van der Waals surface area contributed by atoms with E-state index in [0.29, 0.717) is 0 Å². The number of methoxy groups -OCH3 is 1. The van der Waals surface area contributed by atoms with Crippen molar-refractivity contribution in [3.8, 4) is 11.5 Å². The second kappa shape index (κ2) is 43.4. The fraction of sp³-hybridized carbons (Fsp3) is 0.239. The molecule has 0 aliphatic rings. The number of aryl methyl sites for hydroxylation is 23. The lowest BCUT2D eigenvalue weighted by molar-refractivity contribution is 0.242. The van der Waals surface area contributed by atoms with Crippen LogP contribution in [0.5, 0.6) is 11.5 Å². The standard InChI is InChI=1S/C21H23NO.C20H21NO.2C19H19N.2C17H17NS/c1-15(2)23-20-13-9-17(10-14-20)8-12-19-6-4-5-18-11-7-16(3)22-21(18)19;1-14-6-4-9-18(20(14)22-3)13-12-17-8-5-7-16-11-10-15(2)21-19(16)17;2*1-14-6-9-16(10-7-14)11-13-18-5-3-4-17-12-8-15(2)20-19(17)18;1-12-6-8-14-4-3-5-15(17(14)18-12)9-11-16-10-7-13(2)19-16;1-12-10-16(19-11-12)9-8-15-5-3-4-14-7-6-13(2)18-17(14)15/h4-7,9-11,13-15H,8,12H2,1-3H3;4-11H,12-13H2,1-3H3;2*3-10,12H,11,13H2,1-2H3;3-8,10H,9,11H2,1-2H3;3-7,10-11H,8-9H2,1-2H3. The number of aromatic nitrogens is 6. The van der Waals surface area contributed by atoms with Crippen LogP contribution in [-0.4, -0.2) is 43.1 Å². The Morgan fingerprint density at radius 3 is 0.862 bits per heavy atom. The van der Waals surface area contributed by atoms with Gasteiger partial charge in [0.2, 0.25) is 0 Å². The Kier molecular flexibility index (Phi) is 31.2. The maximum atomic E-state index is 5.69. The van der Waals surface area contributed by atoms with Gasteiger partial charge in [0.15, 0.2) is 0 Å². The molecule has 8 nitrogen and oxygen atoms in total. The van der Waals surface area contributed by atoms with Crippen LogP contribution in [0.2, 0.25) is 0 Å². The number of hydrogen-bond acceptors (Lipinski definition) is 10. The lowest BCUT2D eigenvalue weighted by atomic mass is 9.99. The van der Waals surface area contributed by atoms with Gasteiger partial charge in [-0.05, 0) is 306 Å². The molecule has 0 saturated heterocycles. The van der Waals surface area contributed by atoms with Crippen molar-refractivity contribution in [3.05, 3.63) is 423 Å². The summed E-state index contributed by atoms with van der Waals surface area (Å²) in [7, 11) is 1.74. The highest BCUT2D eigenvalue weighted by atomic mass is 32.1. The van der Waals surface area contributed by atoms with E-state index in [1.165, 1.54) is 125 Å². The average molecular weight is 1650 g/mol. The van der Waals surface area contributed by atoms with Crippen molar-refractivity contribution in [2.75, 3.05) is 7.11 Å². The molecule has 0 aliphatic heterocycles. The van der Waals surface area contributed by atoms with Crippen molar-refractivity contribution in [2.45, 2.75) is 173 Å². The molecule has 8 aromatic heterocycles. The molecule has 0 fully saturated rings. The van der Waals surface area contributed by atoms with Gasteiger partial charge in [0.1, 0.15) is 11.5 Å². The van der Waals surface area contributed by atoms with E-state index in [1.54, 1.807) is 7.11 Å². The summed E-state index contributed by atoms with van der Waals surface area (Å²) >= 11 is 3.75. The fourth-order valence-corrected chi connectivity index (χ4v) is 17.4. The van der Waals surface area contributed by atoms with Crippen LogP contribution in [0.1, 0.15) is 141 Å². The van der Waals surface area contributed by atoms with Gasteiger partial charge in [-0.25, -0.2) is 0 Å². The van der Waals surface area contributed by atoms with Crippen molar-refractivity contribution in [1.29, 1.82) is 0 Å². The number of thiophene rings is 2. The predicted molar refractivity (Wildman–Crippen MR) is 524 cm³/mol. The Hall–Kier alpha value is -12.3. The number of benzene rings is 10. The third kappa shape index (κ3) is 25.4. The number of pyridine rings is 6. The summed E-state index contributed by atoms with van der Waals surface area (Å²) < 4.78 is 11.2. The molecule has 18 rings (SSSR count). The summed E-state index contributed by atoms with van der Waals surface area (Å²) in [6.07, 6.45) is 12.7. The smallest absolute Gasteiger partial charge is 0.124 e. The maximum Gasteiger partial charge on any atom is 0.124 e. The highest BCUT2D eigenvalue weighted by molar-refractivity contribution is 7.11. The van der Waals surface area contributed by atoms with Crippen molar-refractivity contribution < 1.29 is 9.47 Å². The zero-order chi connectivity index (χ0) is 86.1. The first-order valence-corrected chi connectivity index (χ1v) is 45.1. The highest BCUT2D eigenvalue weighted by Gasteiger charge is 2.13. The van der Waals surface area contributed by atoms with Crippen molar-refractivity contribution in [2.24, 2.45) is 0 Å². The van der Waals surface area contributed by atoms with Crippen molar-refractivity contribution >= 4 is 88.1 Å². The summed E-state index contributed by atoms with van der Waals surface area (Å²) in [4.78, 5) is 32.5. The Balaban J connectivity index is 0.000000127. The van der Waals surface area contributed by atoms with Gasteiger partial charge in [0, 0.05) is 81.1 Å². The third-order valence-corrected chi connectivity index (χ3v) is 24.4. The predicted octanol–water partition coefficient (Wildman–Crippen LogP) is 28.4. The van der Waals surface area contributed by atoms with Crippen LogP contribution in [-0.2, 0) is 77.0 Å². The van der Waals surface area contributed by atoms with E-state index in [1.807, 2.05) is 50.4 Å². The number of nitrogens with zero attached hydrogens (tertiary/aromatic N) is 6. The third-order valence-electron chi connectivity index (χ3n) is 22.3. The highest BCUT2D eigenvalue weighted by Crippen LogP contribution is 2.30. The van der Waals surface area contributed by atoms with Crippen LogP contribution in [0, 0.1) is 76.2 Å². The van der Waals surface area contributed by atoms with Gasteiger partial charge in [-0.15, -0.1) is 22.7 Å². The average Bonchev–Trinajstić information content (AvgIpc) is 1.46. The van der Waals surface area contributed by atoms with Gasteiger partial charge in [-0.3, -0.25) is 29.9 Å². The van der Waals surface area contributed by atoms with E-state index in [2.05, 4.69) is 359 Å². The number of hydrogen-bond donors (Lipinski definition) is 0. The van der Waals surface area contributed by atoms with Crippen LogP contribution in [0.15, 0.2) is 297 Å². The maximum absolute atomic E-state index is 5.69. The van der Waals surface area contributed by atoms with E-state index in [9.17, 15) is 0 Å². The van der Waals surface area contributed by atoms with Crippen molar-refractivity contribution in [3.63, 3.8) is 0 Å².